The molecule has 6 heteroatoms. The Morgan fingerprint density at radius 3 is 2.65 bits per heavy atom. The van der Waals surface area contributed by atoms with Crippen molar-refractivity contribution in [3.8, 4) is 0 Å². The fourth-order valence-corrected chi connectivity index (χ4v) is 3.27. The summed E-state index contributed by atoms with van der Waals surface area (Å²) in [6, 6.07) is -0.278. The lowest BCUT2D eigenvalue weighted by atomic mass is 9.92. The van der Waals surface area contributed by atoms with Crippen molar-refractivity contribution >= 4 is 12.0 Å². The van der Waals surface area contributed by atoms with Gasteiger partial charge in [0.1, 0.15) is 5.54 Å². The minimum atomic E-state index is -1.05. The molecule has 114 valence electrons. The van der Waals surface area contributed by atoms with Crippen LogP contribution < -0.4 is 5.32 Å². The van der Waals surface area contributed by atoms with Crippen molar-refractivity contribution in [2.45, 2.75) is 57.0 Å². The second kappa shape index (κ2) is 5.60. The van der Waals surface area contributed by atoms with Crippen molar-refractivity contribution in [3.05, 3.63) is 0 Å². The van der Waals surface area contributed by atoms with E-state index in [2.05, 4.69) is 5.32 Å². The Morgan fingerprint density at radius 1 is 1.35 bits per heavy atom. The summed E-state index contributed by atoms with van der Waals surface area (Å²) in [6.45, 7) is 5.49. The minimum Gasteiger partial charge on any atom is -0.479 e. The van der Waals surface area contributed by atoms with Gasteiger partial charge in [0.05, 0.1) is 12.1 Å². The third-order valence-corrected chi connectivity index (χ3v) is 4.56. The molecule has 0 aliphatic carbocycles. The molecular formula is C14H24N2O4. The summed E-state index contributed by atoms with van der Waals surface area (Å²) in [4.78, 5) is 25.6. The number of carboxylic acids is 1. The predicted octanol–water partition coefficient (Wildman–Crippen LogP) is 1.59. The molecule has 2 fully saturated rings. The van der Waals surface area contributed by atoms with Gasteiger partial charge < -0.3 is 20.1 Å². The van der Waals surface area contributed by atoms with Gasteiger partial charge in [-0.2, -0.15) is 0 Å². The van der Waals surface area contributed by atoms with Gasteiger partial charge in [0, 0.05) is 13.2 Å². The Balaban J connectivity index is 2.09. The number of amides is 2. The Bertz CT molecular complexity index is 393. The zero-order valence-corrected chi connectivity index (χ0v) is 12.3. The van der Waals surface area contributed by atoms with Crippen LogP contribution in [-0.4, -0.2) is 52.8 Å². The largest absolute Gasteiger partial charge is 0.479 e. The molecule has 2 unspecified atom stereocenters. The maximum atomic E-state index is 12.5. The van der Waals surface area contributed by atoms with E-state index in [4.69, 9.17) is 4.74 Å². The SMILES string of the molecule is CCC1(C(=O)O)CCCN1C(=O)NC1(C)CCCOC1. The Labute approximate surface area is 119 Å². The molecule has 0 aromatic rings. The third-order valence-electron chi connectivity index (χ3n) is 4.56. The average Bonchev–Trinajstić information content (AvgIpc) is 2.84. The van der Waals surface area contributed by atoms with Crippen molar-refractivity contribution in [2.75, 3.05) is 19.8 Å². The molecule has 0 saturated carbocycles. The van der Waals surface area contributed by atoms with Gasteiger partial charge in [-0.1, -0.05) is 6.92 Å². The van der Waals surface area contributed by atoms with E-state index in [0.717, 1.165) is 25.9 Å². The van der Waals surface area contributed by atoms with Crippen LogP contribution in [0.5, 0.6) is 0 Å². The molecule has 2 heterocycles. The highest BCUT2D eigenvalue weighted by Crippen LogP contribution is 2.33. The van der Waals surface area contributed by atoms with Crippen LogP contribution in [0.1, 0.15) is 46.0 Å². The zero-order chi connectivity index (χ0) is 14.8. The van der Waals surface area contributed by atoms with Gasteiger partial charge in [0.25, 0.3) is 0 Å². The van der Waals surface area contributed by atoms with Crippen LogP contribution in [0, 0.1) is 0 Å². The first-order valence-electron chi connectivity index (χ1n) is 7.34. The number of likely N-dealkylation sites (tertiary alicyclic amines) is 1. The fourth-order valence-electron chi connectivity index (χ4n) is 3.27. The monoisotopic (exact) mass is 284 g/mol. The number of urea groups is 1. The van der Waals surface area contributed by atoms with Crippen LogP contribution in [0.2, 0.25) is 0 Å². The summed E-state index contributed by atoms with van der Waals surface area (Å²) in [7, 11) is 0. The van der Waals surface area contributed by atoms with E-state index in [0.29, 0.717) is 26.0 Å². The van der Waals surface area contributed by atoms with Crippen LogP contribution in [-0.2, 0) is 9.53 Å². The van der Waals surface area contributed by atoms with Gasteiger partial charge in [0.2, 0.25) is 0 Å². The average molecular weight is 284 g/mol. The summed E-state index contributed by atoms with van der Waals surface area (Å²) < 4.78 is 5.42. The van der Waals surface area contributed by atoms with Crippen molar-refractivity contribution in [2.24, 2.45) is 0 Å². The van der Waals surface area contributed by atoms with Crippen molar-refractivity contribution in [3.63, 3.8) is 0 Å². The zero-order valence-electron chi connectivity index (χ0n) is 12.3. The van der Waals surface area contributed by atoms with E-state index in [1.807, 2.05) is 13.8 Å². The number of nitrogens with one attached hydrogen (secondary N) is 1. The third kappa shape index (κ3) is 2.61. The molecule has 2 rings (SSSR count). The molecule has 0 aromatic carbocycles. The molecule has 6 nitrogen and oxygen atoms in total. The Kier molecular flexibility index (Phi) is 4.22. The van der Waals surface area contributed by atoms with Crippen molar-refractivity contribution in [1.29, 1.82) is 0 Å². The summed E-state index contributed by atoms with van der Waals surface area (Å²) in [5.41, 5.74) is -1.44. The summed E-state index contributed by atoms with van der Waals surface area (Å²) in [5, 5.41) is 12.5. The quantitative estimate of drug-likeness (QED) is 0.825. The number of hydrogen-bond acceptors (Lipinski definition) is 3. The highest BCUT2D eigenvalue weighted by molar-refractivity contribution is 5.87. The molecule has 0 radical (unpaired) electrons. The molecule has 2 amide bonds. The molecule has 20 heavy (non-hydrogen) atoms. The smallest absolute Gasteiger partial charge is 0.329 e. The second-order valence-electron chi connectivity index (χ2n) is 6.09. The summed E-state index contributed by atoms with van der Waals surface area (Å²) in [5.74, 6) is -0.905. The molecule has 2 aliphatic rings. The molecule has 2 N–H and O–H groups in total. The Hall–Kier alpha value is -1.30. The molecule has 2 saturated heterocycles. The molecule has 0 bridgehead atoms. The normalized spacial score (nSPS) is 34.0. The van der Waals surface area contributed by atoms with Gasteiger partial charge in [0.15, 0.2) is 0 Å². The van der Waals surface area contributed by atoms with Crippen molar-refractivity contribution in [1.82, 2.24) is 10.2 Å². The lowest BCUT2D eigenvalue weighted by Gasteiger charge is -2.39. The summed E-state index contributed by atoms with van der Waals surface area (Å²) in [6.07, 6.45) is 3.47. The van der Waals surface area contributed by atoms with E-state index in [1.54, 1.807) is 0 Å². The van der Waals surface area contributed by atoms with E-state index in [9.17, 15) is 14.7 Å². The second-order valence-corrected chi connectivity index (χ2v) is 6.09. The van der Waals surface area contributed by atoms with Crippen LogP contribution in [0.4, 0.5) is 4.79 Å². The molecule has 0 aromatic heterocycles. The maximum Gasteiger partial charge on any atom is 0.329 e. The van der Waals surface area contributed by atoms with E-state index >= 15 is 0 Å². The number of carboxylic acid groups (broad SMARTS) is 1. The van der Waals surface area contributed by atoms with Crippen LogP contribution in [0.25, 0.3) is 0 Å². The molecule has 2 atom stereocenters. The molecular weight excluding hydrogens is 260 g/mol. The first kappa shape index (κ1) is 15.1. The van der Waals surface area contributed by atoms with Crippen LogP contribution in [0.3, 0.4) is 0 Å². The fraction of sp³-hybridized carbons (Fsp3) is 0.857. The van der Waals surface area contributed by atoms with E-state index in [-0.39, 0.29) is 6.03 Å². The van der Waals surface area contributed by atoms with E-state index < -0.39 is 17.0 Å². The first-order chi connectivity index (χ1) is 9.43. The van der Waals surface area contributed by atoms with Gasteiger partial charge in [-0.25, -0.2) is 9.59 Å². The maximum absolute atomic E-state index is 12.5. The van der Waals surface area contributed by atoms with Gasteiger partial charge in [-0.15, -0.1) is 0 Å². The number of hydrogen-bond donors (Lipinski definition) is 2. The molecule has 2 aliphatic heterocycles. The first-order valence-corrected chi connectivity index (χ1v) is 7.34. The lowest BCUT2D eigenvalue weighted by Crippen LogP contribution is -2.61. The number of nitrogens with zero attached hydrogens (tertiary/aromatic N) is 1. The Morgan fingerprint density at radius 2 is 2.10 bits per heavy atom. The van der Waals surface area contributed by atoms with E-state index in [1.165, 1.54) is 4.90 Å². The van der Waals surface area contributed by atoms with Crippen LogP contribution in [0.15, 0.2) is 0 Å². The van der Waals surface area contributed by atoms with Crippen LogP contribution >= 0.6 is 0 Å². The highest BCUT2D eigenvalue weighted by atomic mass is 16.5. The number of carbonyl (C=O) groups is 2. The predicted molar refractivity (Wildman–Crippen MR) is 73.6 cm³/mol. The van der Waals surface area contributed by atoms with Crippen molar-refractivity contribution < 1.29 is 19.4 Å². The van der Waals surface area contributed by atoms with Gasteiger partial charge in [-0.3, -0.25) is 0 Å². The number of carbonyl (C=O) groups excluding carboxylic acids is 1. The minimum absolute atomic E-state index is 0.278. The van der Waals surface area contributed by atoms with Gasteiger partial charge in [-0.05, 0) is 39.0 Å². The number of rotatable bonds is 3. The highest BCUT2D eigenvalue weighted by Gasteiger charge is 2.49. The number of aliphatic carboxylic acids is 1. The number of ether oxygens (including phenoxy) is 1. The molecule has 0 spiro atoms. The summed E-state index contributed by atoms with van der Waals surface area (Å²) >= 11 is 0. The standard InChI is InChI=1S/C14H24N2O4/c1-3-14(11(17)18)7-4-8-16(14)12(19)15-13(2)6-5-9-20-10-13/h3-10H2,1-2H3,(H,15,19)(H,17,18). The van der Waals surface area contributed by atoms with Gasteiger partial charge >= 0.3 is 12.0 Å². The topological polar surface area (TPSA) is 78.9 Å². The lowest BCUT2D eigenvalue weighted by molar-refractivity contribution is -0.148.